The van der Waals surface area contributed by atoms with Gasteiger partial charge in [-0.15, -0.1) is 10.2 Å². The summed E-state index contributed by atoms with van der Waals surface area (Å²) in [5.41, 5.74) is 0.855. The molecule has 0 unspecified atom stereocenters. The average Bonchev–Trinajstić information content (AvgIpc) is 3.61. The normalized spacial score (nSPS) is 17.8. The molecule has 1 N–H and O–H groups in total. The van der Waals surface area contributed by atoms with E-state index in [-0.39, 0.29) is 11.2 Å². The third-order valence-corrected chi connectivity index (χ3v) is 6.30. The summed E-state index contributed by atoms with van der Waals surface area (Å²) in [4.78, 5) is 12.8. The van der Waals surface area contributed by atoms with Crippen LogP contribution in [0.5, 0.6) is 0 Å². The monoisotopic (exact) mass is 378 g/mol. The quantitative estimate of drug-likeness (QED) is 0.628. The van der Waals surface area contributed by atoms with Crippen LogP contribution >= 0.6 is 11.8 Å². The lowest BCUT2D eigenvalue weighted by Gasteiger charge is -2.14. The maximum atomic E-state index is 12.8. The Hall–Kier alpha value is -2.34. The average molecular weight is 379 g/mol. The Bertz CT molecular complexity index is 1000. The molecule has 1 heterocycles. The number of hydrogen-bond acceptors (Lipinski definition) is 4. The summed E-state index contributed by atoms with van der Waals surface area (Å²) in [5.74, 6) is 1.70. The van der Waals surface area contributed by atoms with Gasteiger partial charge in [-0.2, -0.15) is 0 Å². The van der Waals surface area contributed by atoms with Gasteiger partial charge in [0.2, 0.25) is 5.91 Å². The minimum atomic E-state index is -0.238. The number of anilines is 1. The van der Waals surface area contributed by atoms with E-state index in [1.165, 1.54) is 37.4 Å². The molecule has 138 valence electrons. The molecule has 0 saturated heterocycles. The van der Waals surface area contributed by atoms with Crippen LogP contribution in [0.4, 0.5) is 5.69 Å². The zero-order chi connectivity index (χ0) is 18.4. The lowest BCUT2D eigenvalue weighted by molar-refractivity contribution is -0.115. The van der Waals surface area contributed by atoms with Crippen molar-refractivity contribution in [1.29, 1.82) is 0 Å². The van der Waals surface area contributed by atoms with Crippen LogP contribution in [0.15, 0.2) is 47.6 Å². The molecule has 0 aliphatic heterocycles. The summed E-state index contributed by atoms with van der Waals surface area (Å²) in [6.07, 6.45) is 4.82. The standard InChI is InChI=1S/C21H22N4OS/c1-13(20(26)22-18-8-4-6-14-5-2-3-7-17(14)18)27-21-24-23-19(15-9-10-15)25(21)16-11-12-16/h2-8,13,15-16H,9-12H2,1H3,(H,22,26)/t13-/m0/s1. The first-order chi connectivity index (χ1) is 13.2. The molecule has 0 radical (unpaired) electrons. The molecular weight excluding hydrogens is 356 g/mol. The molecule has 3 aromatic rings. The highest BCUT2D eigenvalue weighted by atomic mass is 32.2. The third kappa shape index (κ3) is 3.34. The first kappa shape index (κ1) is 16.8. The molecule has 2 fully saturated rings. The largest absolute Gasteiger partial charge is 0.325 e. The van der Waals surface area contributed by atoms with Gasteiger partial charge in [-0.05, 0) is 44.1 Å². The van der Waals surface area contributed by atoms with Crippen LogP contribution in [0.2, 0.25) is 0 Å². The van der Waals surface area contributed by atoms with Gasteiger partial charge in [-0.3, -0.25) is 4.79 Å². The van der Waals surface area contributed by atoms with Gasteiger partial charge in [0.15, 0.2) is 5.16 Å². The van der Waals surface area contributed by atoms with Crippen molar-refractivity contribution in [2.45, 2.75) is 55.0 Å². The molecule has 2 aromatic carbocycles. The summed E-state index contributed by atoms with van der Waals surface area (Å²) in [5, 5.41) is 14.8. The Morgan fingerprint density at radius 1 is 1.11 bits per heavy atom. The number of amides is 1. The minimum Gasteiger partial charge on any atom is -0.325 e. The van der Waals surface area contributed by atoms with Crippen LogP contribution in [-0.4, -0.2) is 25.9 Å². The van der Waals surface area contributed by atoms with Crippen LogP contribution in [-0.2, 0) is 4.79 Å². The van der Waals surface area contributed by atoms with Gasteiger partial charge in [-0.1, -0.05) is 48.2 Å². The van der Waals surface area contributed by atoms with Gasteiger partial charge >= 0.3 is 0 Å². The van der Waals surface area contributed by atoms with Gasteiger partial charge in [0.25, 0.3) is 0 Å². The fraction of sp³-hybridized carbons (Fsp3) is 0.381. The maximum absolute atomic E-state index is 12.8. The van der Waals surface area contributed by atoms with Crippen molar-refractivity contribution in [3.8, 4) is 0 Å². The predicted octanol–water partition coefficient (Wildman–Crippen LogP) is 4.76. The Kier molecular flexibility index (Phi) is 4.16. The molecule has 2 aliphatic rings. The van der Waals surface area contributed by atoms with Gasteiger partial charge in [0.05, 0.1) is 5.25 Å². The SMILES string of the molecule is C[C@H](Sc1nnc(C2CC2)n1C1CC1)C(=O)Nc1cccc2ccccc12. The highest BCUT2D eigenvalue weighted by molar-refractivity contribution is 8.00. The van der Waals surface area contributed by atoms with E-state index < -0.39 is 0 Å². The van der Waals surface area contributed by atoms with Crippen LogP contribution < -0.4 is 5.32 Å². The fourth-order valence-corrected chi connectivity index (χ4v) is 4.37. The zero-order valence-electron chi connectivity index (χ0n) is 15.3. The molecule has 27 heavy (non-hydrogen) atoms. The first-order valence-electron chi connectivity index (χ1n) is 9.61. The number of fused-ring (bicyclic) bond motifs is 1. The molecule has 5 rings (SSSR count). The van der Waals surface area contributed by atoms with E-state index in [0.29, 0.717) is 12.0 Å². The first-order valence-corrected chi connectivity index (χ1v) is 10.5. The zero-order valence-corrected chi connectivity index (χ0v) is 16.1. The number of hydrogen-bond donors (Lipinski definition) is 1. The molecule has 0 bridgehead atoms. The molecule has 6 heteroatoms. The van der Waals surface area contributed by atoms with E-state index in [4.69, 9.17) is 0 Å². The summed E-state index contributed by atoms with van der Waals surface area (Å²) in [6, 6.07) is 14.6. The van der Waals surface area contributed by atoms with E-state index >= 15 is 0 Å². The maximum Gasteiger partial charge on any atom is 0.237 e. The summed E-state index contributed by atoms with van der Waals surface area (Å²) < 4.78 is 2.30. The van der Waals surface area contributed by atoms with E-state index in [1.807, 2.05) is 37.3 Å². The number of thioether (sulfide) groups is 1. The Labute approximate surface area is 162 Å². The molecule has 2 saturated carbocycles. The molecule has 1 aromatic heterocycles. The number of rotatable bonds is 6. The minimum absolute atomic E-state index is 0.00493. The lowest BCUT2D eigenvalue weighted by atomic mass is 10.1. The molecule has 1 amide bonds. The predicted molar refractivity (Wildman–Crippen MR) is 108 cm³/mol. The van der Waals surface area contributed by atoms with Crippen molar-refractivity contribution < 1.29 is 4.79 Å². The van der Waals surface area contributed by atoms with E-state index in [2.05, 4.69) is 32.2 Å². The van der Waals surface area contributed by atoms with Crippen molar-refractivity contribution in [3.63, 3.8) is 0 Å². The van der Waals surface area contributed by atoms with Crippen molar-refractivity contribution >= 4 is 34.1 Å². The number of carbonyl (C=O) groups excluding carboxylic acids is 1. The smallest absolute Gasteiger partial charge is 0.237 e. The molecule has 2 aliphatic carbocycles. The molecule has 0 spiro atoms. The second kappa shape index (κ2) is 6.68. The topological polar surface area (TPSA) is 59.8 Å². The number of nitrogens with zero attached hydrogens (tertiary/aromatic N) is 3. The van der Waals surface area contributed by atoms with Crippen molar-refractivity contribution in [3.05, 3.63) is 48.3 Å². The number of benzene rings is 2. The number of carbonyl (C=O) groups is 1. The molecule has 1 atom stereocenters. The summed E-state index contributed by atoms with van der Waals surface area (Å²) in [7, 11) is 0. The Morgan fingerprint density at radius 3 is 2.67 bits per heavy atom. The van der Waals surface area contributed by atoms with Crippen LogP contribution in [0.3, 0.4) is 0 Å². The van der Waals surface area contributed by atoms with Crippen LogP contribution in [0.25, 0.3) is 10.8 Å². The highest BCUT2D eigenvalue weighted by Gasteiger charge is 2.37. The van der Waals surface area contributed by atoms with Crippen molar-refractivity contribution in [1.82, 2.24) is 14.8 Å². The van der Waals surface area contributed by atoms with Crippen molar-refractivity contribution in [2.75, 3.05) is 5.32 Å². The molecule has 5 nitrogen and oxygen atoms in total. The number of aromatic nitrogens is 3. The van der Waals surface area contributed by atoms with Gasteiger partial charge in [0.1, 0.15) is 5.82 Å². The molecular formula is C21H22N4OS. The van der Waals surface area contributed by atoms with E-state index in [0.717, 1.165) is 27.4 Å². The Balaban J connectivity index is 1.34. The van der Waals surface area contributed by atoms with Gasteiger partial charge in [0, 0.05) is 23.0 Å². The van der Waals surface area contributed by atoms with Gasteiger partial charge in [-0.25, -0.2) is 0 Å². The third-order valence-electron chi connectivity index (χ3n) is 5.24. The van der Waals surface area contributed by atoms with Crippen molar-refractivity contribution in [2.24, 2.45) is 0 Å². The second-order valence-corrected chi connectivity index (χ2v) is 8.80. The van der Waals surface area contributed by atoms with Crippen LogP contribution in [0, 0.1) is 0 Å². The summed E-state index contributed by atoms with van der Waals surface area (Å²) >= 11 is 1.51. The van der Waals surface area contributed by atoms with E-state index in [9.17, 15) is 4.79 Å². The highest BCUT2D eigenvalue weighted by Crippen LogP contribution is 2.46. The summed E-state index contributed by atoms with van der Waals surface area (Å²) in [6.45, 7) is 1.94. The van der Waals surface area contributed by atoms with Crippen LogP contribution in [0.1, 0.15) is 50.4 Å². The lowest BCUT2D eigenvalue weighted by Crippen LogP contribution is -2.23. The Morgan fingerprint density at radius 2 is 1.89 bits per heavy atom. The van der Waals surface area contributed by atoms with Gasteiger partial charge < -0.3 is 9.88 Å². The second-order valence-electron chi connectivity index (χ2n) is 7.49. The number of nitrogens with one attached hydrogen (secondary N) is 1. The fourth-order valence-electron chi connectivity index (χ4n) is 3.44. The van der Waals surface area contributed by atoms with E-state index in [1.54, 1.807) is 0 Å².